The van der Waals surface area contributed by atoms with Crippen LogP contribution in [0.2, 0.25) is 0 Å². The van der Waals surface area contributed by atoms with Crippen molar-refractivity contribution in [3.63, 3.8) is 0 Å². The third kappa shape index (κ3) is 8.35. The maximum absolute atomic E-state index is 12.8. The second-order valence-electron chi connectivity index (χ2n) is 9.32. The Morgan fingerprint density at radius 3 is 2.15 bits per heavy atom. The van der Waals surface area contributed by atoms with Crippen LogP contribution in [-0.2, 0) is 17.5 Å². The van der Waals surface area contributed by atoms with Gasteiger partial charge in [0.15, 0.2) is 5.60 Å². The maximum atomic E-state index is 12.8. The minimum atomic E-state index is -4.39. The molecule has 13 heteroatoms. The highest BCUT2D eigenvalue weighted by Gasteiger charge is 2.30. The first-order valence-corrected chi connectivity index (χ1v) is 12.2. The van der Waals surface area contributed by atoms with E-state index < -0.39 is 23.3 Å². The molecule has 10 nitrogen and oxygen atoms in total. The SMILES string of the molecule is CC(C)(Oc1ccc(OCCOc2nc(NCc3ccc(C(F)(F)F)cc3)nc(NC3CC3)n2)cc1)C(=O)O. The third-order valence-corrected chi connectivity index (χ3v) is 5.55. The topological polar surface area (TPSA) is 128 Å². The molecular formula is C26H28F3N5O5. The molecule has 1 fully saturated rings. The molecule has 1 heterocycles. The van der Waals surface area contributed by atoms with E-state index in [0.717, 1.165) is 25.0 Å². The summed E-state index contributed by atoms with van der Waals surface area (Å²) in [5, 5.41) is 15.3. The van der Waals surface area contributed by atoms with E-state index in [-0.39, 0.29) is 37.8 Å². The third-order valence-electron chi connectivity index (χ3n) is 5.55. The average molecular weight is 548 g/mol. The number of hydrogen-bond acceptors (Lipinski definition) is 9. The second-order valence-corrected chi connectivity index (χ2v) is 9.32. The first-order chi connectivity index (χ1) is 18.5. The van der Waals surface area contributed by atoms with Gasteiger partial charge in [-0.3, -0.25) is 0 Å². The number of nitrogens with zero attached hydrogens (tertiary/aromatic N) is 3. The van der Waals surface area contributed by atoms with E-state index >= 15 is 0 Å². The van der Waals surface area contributed by atoms with Gasteiger partial charge in [-0.1, -0.05) is 12.1 Å². The number of ether oxygens (including phenoxy) is 3. The number of anilines is 2. The highest BCUT2D eigenvalue weighted by molar-refractivity contribution is 5.76. The van der Waals surface area contributed by atoms with E-state index in [2.05, 4.69) is 25.6 Å². The lowest BCUT2D eigenvalue weighted by Crippen LogP contribution is -2.37. The molecule has 39 heavy (non-hydrogen) atoms. The van der Waals surface area contributed by atoms with Crippen molar-refractivity contribution >= 4 is 17.9 Å². The molecule has 0 atom stereocenters. The normalized spacial score (nSPS) is 13.5. The van der Waals surface area contributed by atoms with E-state index in [1.165, 1.54) is 26.0 Å². The van der Waals surface area contributed by atoms with Crippen molar-refractivity contribution < 1.29 is 37.3 Å². The Bertz CT molecular complexity index is 1270. The number of nitrogens with one attached hydrogen (secondary N) is 2. The van der Waals surface area contributed by atoms with Gasteiger partial charge in [0.25, 0.3) is 0 Å². The Morgan fingerprint density at radius 1 is 0.923 bits per heavy atom. The van der Waals surface area contributed by atoms with E-state index in [1.807, 2.05) is 0 Å². The number of aromatic nitrogens is 3. The first kappa shape index (κ1) is 27.7. The van der Waals surface area contributed by atoms with E-state index in [4.69, 9.17) is 14.2 Å². The fraction of sp³-hybridized carbons (Fsp3) is 0.385. The van der Waals surface area contributed by atoms with Gasteiger partial charge in [0.05, 0.1) is 5.56 Å². The van der Waals surface area contributed by atoms with Gasteiger partial charge in [0, 0.05) is 12.6 Å². The molecule has 0 saturated heterocycles. The Morgan fingerprint density at radius 2 is 1.54 bits per heavy atom. The Balaban J connectivity index is 1.30. The predicted molar refractivity (Wildman–Crippen MR) is 135 cm³/mol. The van der Waals surface area contributed by atoms with Crippen LogP contribution in [0.1, 0.15) is 37.8 Å². The van der Waals surface area contributed by atoms with Crippen molar-refractivity contribution in [2.75, 3.05) is 23.8 Å². The largest absolute Gasteiger partial charge is 0.490 e. The summed E-state index contributed by atoms with van der Waals surface area (Å²) in [6.07, 6.45) is -2.39. The fourth-order valence-corrected chi connectivity index (χ4v) is 3.20. The molecular weight excluding hydrogens is 519 g/mol. The van der Waals surface area contributed by atoms with Crippen molar-refractivity contribution in [1.29, 1.82) is 0 Å². The number of rotatable bonds is 13. The lowest BCUT2D eigenvalue weighted by atomic mass is 10.1. The van der Waals surface area contributed by atoms with Crippen molar-refractivity contribution in [2.24, 2.45) is 0 Å². The number of carboxylic acid groups (broad SMARTS) is 1. The quantitative estimate of drug-likeness (QED) is 0.257. The predicted octanol–water partition coefficient (Wildman–Crippen LogP) is 4.78. The lowest BCUT2D eigenvalue weighted by molar-refractivity contribution is -0.152. The monoisotopic (exact) mass is 547 g/mol. The van der Waals surface area contributed by atoms with E-state index in [0.29, 0.717) is 23.0 Å². The van der Waals surface area contributed by atoms with Gasteiger partial charge in [-0.2, -0.15) is 28.1 Å². The molecule has 208 valence electrons. The van der Waals surface area contributed by atoms with Gasteiger partial charge in [-0.15, -0.1) is 0 Å². The minimum Gasteiger partial charge on any atom is -0.490 e. The molecule has 2 aromatic carbocycles. The smallest absolute Gasteiger partial charge is 0.416 e. The molecule has 1 aliphatic rings. The van der Waals surface area contributed by atoms with Crippen LogP contribution in [0.3, 0.4) is 0 Å². The number of halogens is 3. The summed E-state index contributed by atoms with van der Waals surface area (Å²) in [6, 6.07) is 11.7. The van der Waals surface area contributed by atoms with Crippen LogP contribution in [0.5, 0.6) is 17.5 Å². The minimum absolute atomic E-state index is 0.0614. The standard InChI is InChI=1S/C26H28F3N5O5/c1-25(2,21(35)36)39-20-11-9-19(10-12-20)37-13-14-38-24-33-22(32-23(34-24)31-18-7-8-18)30-15-16-3-5-17(6-4-16)26(27,28)29/h3-6,9-12,18H,7-8,13-15H2,1-2H3,(H,35,36)(H2,30,31,32,33,34). The van der Waals surface area contributed by atoms with Crippen LogP contribution in [0, 0.1) is 0 Å². The lowest BCUT2D eigenvalue weighted by Gasteiger charge is -2.21. The highest BCUT2D eigenvalue weighted by atomic mass is 19.4. The average Bonchev–Trinajstić information content (AvgIpc) is 3.70. The summed E-state index contributed by atoms with van der Waals surface area (Å²) in [5.74, 6) is 0.390. The van der Waals surface area contributed by atoms with Gasteiger partial charge in [0.1, 0.15) is 24.7 Å². The summed E-state index contributed by atoms with van der Waals surface area (Å²) in [4.78, 5) is 24.0. The van der Waals surface area contributed by atoms with Crippen LogP contribution < -0.4 is 24.8 Å². The van der Waals surface area contributed by atoms with Crippen LogP contribution in [0.4, 0.5) is 25.1 Å². The molecule has 1 aromatic heterocycles. The van der Waals surface area contributed by atoms with Crippen molar-refractivity contribution in [1.82, 2.24) is 15.0 Å². The number of aliphatic carboxylic acids is 1. The van der Waals surface area contributed by atoms with Gasteiger partial charge in [-0.05, 0) is 68.7 Å². The van der Waals surface area contributed by atoms with Gasteiger partial charge in [-0.25, -0.2) is 4.79 Å². The number of benzene rings is 2. The summed E-state index contributed by atoms with van der Waals surface area (Å²) in [7, 11) is 0. The van der Waals surface area contributed by atoms with Crippen LogP contribution in [0.25, 0.3) is 0 Å². The molecule has 0 amide bonds. The molecule has 0 aliphatic heterocycles. The van der Waals surface area contributed by atoms with Gasteiger partial charge in [0.2, 0.25) is 11.9 Å². The Labute approximate surface area is 222 Å². The van der Waals surface area contributed by atoms with Crippen LogP contribution in [0.15, 0.2) is 48.5 Å². The Kier molecular flexibility index (Phi) is 8.27. The van der Waals surface area contributed by atoms with E-state index in [1.54, 1.807) is 24.3 Å². The molecule has 0 radical (unpaired) electrons. The zero-order chi connectivity index (χ0) is 28.0. The number of carboxylic acids is 1. The second kappa shape index (κ2) is 11.6. The highest BCUT2D eigenvalue weighted by Crippen LogP contribution is 2.29. The van der Waals surface area contributed by atoms with Crippen molar-refractivity contribution in [3.8, 4) is 17.5 Å². The summed E-state index contributed by atoms with van der Waals surface area (Å²) in [5.41, 5.74) is -1.45. The molecule has 0 spiro atoms. The summed E-state index contributed by atoms with van der Waals surface area (Å²) < 4.78 is 55.1. The molecule has 3 N–H and O–H groups in total. The summed E-state index contributed by atoms with van der Waals surface area (Å²) in [6.45, 7) is 3.41. The number of carbonyl (C=O) groups is 1. The fourth-order valence-electron chi connectivity index (χ4n) is 3.20. The van der Waals surface area contributed by atoms with Gasteiger partial charge < -0.3 is 30.0 Å². The summed E-state index contributed by atoms with van der Waals surface area (Å²) >= 11 is 0. The first-order valence-electron chi connectivity index (χ1n) is 12.2. The Hall–Kier alpha value is -4.29. The number of hydrogen-bond donors (Lipinski definition) is 3. The molecule has 1 aliphatic carbocycles. The van der Waals surface area contributed by atoms with Crippen LogP contribution >= 0.6 is 0 Å². The van der Waals surface area contributed by atoms with Crippen molar-refractivity contribution in [3.05, 3.63) is 59.7 Å². The molecule has 0 bridgehead atoms. The molecule has 4 rings (SSSR count). The van der Waals surface area contributed by atoms with E-state index in [9.17, 15) is 23.1 Å². The zero-order valence-electron chi connectivity index (χ0n) is 21.3. The van der Waals surface area contributed by atoms with Gasteiger partial charge >= 0.3 is 18.2 Å². The van der Waals surface area contributed by atoms with Crippen molar-refractivity contribution in [2.45, 2.75) is 51.1 Å². The zero-order valence-corrected chi connectivity index (χ0v) is 21.3. The number of alkyl halides is 3. The molecule has 0 unspecified atom stereocenters. The molecule has 1 saturated carbocycles. The molecule has 3 aromatic rings. The maximum Gasteiger partial charge on any atom is 0.416 e. The van der Waals surface area contributed by atoms with Crippen LogP contribution in [-0.4, -0.2) is 50.9 Å².